The van der Waals surface area contributed by atoms with Crippen LogP contribution < -0.4 is 4.90 Å². The van der Waals surface area contributed by atoms with Crippen molar-refractivity contribution in [3.05, 3.63) is 48.2 Å². The first-order valence-corrected chi connectivity index (χ1v) is 8.14. The molecular formula is C18H20FN5O. The number of pyridine rings is 2. The average molecular weight is 341 g/mol. The predicted molar refractivity (Wildman–Crippen MR) is 93.7 cm³/mol. The highest BCUT2D eigenvalue weighted by atomic mass is 19.1. The van der Waals surface area contributed by atoms with Crippen LogP contribution in [0.25, 0.3) is 11.0 Å². The molecular weight excluding hydrogens is 321 g/mol. The molecule has 0 saturated heterocycles. The second kappa shape index (κ2) is 6.96. The van der Waals surface area contributed by atoms with E-state index in [0.717, 1.165) is 17.1 Å². The Bertz CT molecular complexity index is 888. The van der Waals surface area contributed by atoms with Gasteiger partial charge in [0, 0.05) is 18.1 Å². The number of hydrogen-bond acceptors (Lipinski definition) is 4. The standard InChI is InChI=1S/C18H20FN5O/c1-12(2)10-23(16-5-4-15(19)9-20-16)17(25)11-24-18-14(8-22-24)6-13(3)7-21-18/h4-9,12H,10-11H2,1-3H3. The largest absolute Gasteiger partial charge is 0.295 e. The lowest BCUT2D eigenvalue weighted by Gasteiger charge is -2.23. The molecule has 3 rings (SSSR count). The SMILES string of the molecule is Cc1cnc2c(cnn2CC(=O)N(CC(C)C)c2ccc(F)cn2)c1. The molecule has 0 radical (unpaired) electrons. The van der Waals surface area contributed by atoms with Crippen LogP contribution in [0.15, 0.2) is 36.8 Å². The average Bonchev–Trinajstić information content (AvgIpc) is 2.95. The number of hydrogen-bond donors (Lipinski definition) is 0. The van der Waals surface area contributed by atoms with Crippen molar-refractivity contribution in [1.82, 2.24) is 19.7 Å². The molecule has 3 aromatic heterocycles. The third kappa shape index (κ3) is 3.81. The molecule has 7 heteroatoms. The molecule has 130 valence electrons. The summed E-state index contributed by atoms with van der Waals surface area (Å²) in [6, 6.07) is 4.79. The summed E-state index contributed by atoms with van der Waals surface area (Å²) in [5, 5.41) is 5.16. The van der Waals surface area contributed by atoms with Crippen LogP contribution in [0.1, 0.15) is 19.4 Å². The molecule has 0 unspecified atom stereocenters. The van der Waals surface area contributed by atoms with Gasteiger partial charge >= 0.3 is 0 Å². The van der Waals surface area contributed by atoms with E-state index in [9.17, 15) is 9.18 Å². The fourth-order valence-electron chi connectivity index (χ4n) is 2.63. The van der Waals surface area contributed by atoms with Gasteiger partial charge in [-0.2, -0.15) is 5.10 Å². The van der Waals surface area contributed by atoms with Gasteiger partial charge in [-0.3, -0.25) is 9.69 Å². The van der Waals surface area contributed by atoms with Gasteiger partial charge < -0.3 is 0 Å². The van der Waals surface area contributed by atoms with Crippen molar-refractivity contribution in [2.24, 2.45) is 5.92 Å². The van der Waals surface area contributed by atoms with E-state index >= 15 is 0 Å². The van der Waals surface area contributed by atoms with Crippen LogP contribution in [0.3, 0.4) is 0 Å². The Morgan fingerprint density at radius 2 is 2.04 bits per heavy atom. The molecule has 3 aromatic rings. The molecule has 0 aliphatic carbocycles. The van der Waals surface area contributed by atoms with E-state index in [4.69, 9.17) is 0 Å². The highest BCUT2D eigenvalue weighted by molar-refractivity contribution is 5.93. The molecule has 3 heterocycles. The van der Waals surface area contributed by atoms with Gasteiger partial charge in [-0.25, -0.2) is 19.0 Å². The van der Waals surface area contributed by atoms with Crippen molar-refractivity contribution in [3.63, 3.8) is 0 Å². The monoisotopic (exact) mass is 341 g/mol. The minimum atomic E-state index is -0.432. The summed E-state index contributed by atoms with van der Waals surface area (Å²) >= 11 is 0. The van der Waals surface area contributed by atoms with Gasteiger partial charge in [0.05, 0.1) is 12.4 Å². The number of anilines is 1. The van der Waals surface area contributed by atoms with Gasteiger partial charge in [-0.1, -0.05) is 13.8 Å². The molecule has 0 fully saturated rings. The lowest BCUT2D eigenvalue weighted by Crippen LogP contribution is -2.37. The van der Waals surface area contributed by atoms with Gasteiger partial charge in [-0.15, -0.1) is 0 Å². The second-order valence-corrected chi connectivity index (χ2v) is 6.46. The predicted octanol–water partition coefficient (Wildman–Crippen LogP) is 2.96. The summed E-state index contributed by atoms with van der Waals surface area (Å²) in [6.07, 6.45) is 4.56. The number of carbonyl (C=O) groups is 1. The molecule has 25 heavy (non-hydrogen) atoms. The Morgan fingerprint density at radius 3 is 2.72 bits per heavy atom. The first kappa shape index (κ1) is 17.0. The third-order valence-electron chi connectivity index (χ3n) is 3.73. The fourth-order valence-corrected chi connectivity index (χ4v) is 2.63. The second-order valence-electron chi connectivity index (χ2n) is 6.46. The number of aromatic nitrogens is 4. The van der Waals surface area contributed by atoms with E-state index in [0.29, 0.717) is 18.0 Å². The number of aryl methyl sites for hydroxylation is 1. The Kier molecular flexibility index (Phi) is 4.74. The van der Waals surface area contributed by atoms with E-state index in [-0.39, 0.29) is 18.4 Å². The Hall–Kier alpha value is -2.83. The van der Waals surface area contributed by atoms with Gasteiger partial charge in [-0.05, 0) is 36.6 Å². The summed E-state index contributed by atoms with van der Waals surface area (Å²) in [5.41, 5.74) is 1.70. The Balaban J connectivity index is 1.87. The van der Waals surface area contributed by atoms with Gasteiger partial charge in [0.15, 0.2) is 5.65 Å². The van der Waals surface area contributed by atoms with Crippen LogP contribution in [-0.2, 0) is 11.3 Å². The van der Waals surface area contributed by atoms with E-state index in [1.807, 2.05) is 26.8 Å². The van der Waals surface area contributed by atoms with E-state index in [1.165, 1.54) is 12.1 Å². The van der Waals surface area contributed by atoms with Crippen molar-refractivity contribution < 1.29 is 9.18 Å². The Morgan fingerprint density at radius 1 is 1.24 bits per heavy atom. The zero-order valence-electron chi connectivity index (χ0n) is 14.5. The number of fused-ring (bicyclic) bond motifs is 1. The molecule has 0 bridgehead atoms. The van der Waals surface area contributed by atoms with Crippen LogP contribution in [0.5, 0.6) is 0 Å². The van der Waals surface area contributed by atoms with Crippen LogP contribution in [0, 0.1) is 18.7 Å². The van der Waals surface area contributed by atoms with E-state index in [1.54, 1.807) is 22.0 Å². The van der Waals surface area contributed by atoms with E-state index < -0.39 is 5.82 Å². The molecule has 0 aliphatic heterocycles. The number of nitrogens with zero attached hydrogens (tertiary/aromatic N) is 5. The lowest BCUT2D eigenvalue weighted by atomic mass is 10.2. The summed E-state index contributed by atoms with van der Waals surface area (Å²) in [4.78, 5) is 22.8. The van der Waals surface area contributed by atoms with Crippen LogP contribution >= 0.6 is 0 Å². The highest BCUT2D eigenvalue weighted by Gasteiger charge is 2.20. The van der Waals surface area contributed by atoms with Crippen LogP contribution in [0.2, 0.25) is 0 Å². The maximum absolute atomic E-state index is 13.1. The smallest absolute Gasteiger partial charge is 0.249 e. The first-order valence-electron chi connectivity index (χ1n) is 8.14. The molecule has 1 amide bonds. The molecule has 0 atom stereocenters. The normalized spacial score (nSPS) is 11.2. The zero-order valence-corrected chi connectivity index (χ0v) is 14.5. The first-order chi connectivity index (χ1) is 11.9. The maximum Gasteiger partial charge on any atom is 0.249 e. The van der Waals surface area contributed by atoms with Crippen molar-refractivity contribution >= 4 is 22.8 Å². The fraction of sp³-hybridized carbons (Fsp3) is 0.333. The molecule has 6 nitrogen and oxygen atoms in total. The topological polar surface area (TPSA) is 63.9 Å². The van der Waals surface area contributed by atoms with E-state index in [2.05, 4.69) is 15.1 Å². The third-order valence-corrected chi connectivity index (χ3v) is 3.73. The number of carbonyl (C=O) groups excluding carboxylic acids is 1. The Labute approximate surface area is 145 Å². The van der Waals surface area contributed by atoms with Crippen LogP contribution in [0.4, 0.5) is 10.2 Å². The minimum absolute atomic E-state index is 0.0470. The molecule has 0 aromatic carbocycles. The van der Waals surface area contributed by atoms with Gasteiger partial charge in [0.1, 0.15) is 18.2 Å². The number of rotatable bonds is 5. The summed E-state index contributed by atoms with van der Waals surface area (Å²) in [7, 11) is 0. The zero-order chi connectivity index (χ0) is 18.0. The highest BCUT2D eigenvalue weighted by Crippen LogP contribution is 2.16. The summed E-state index contributed by atoms with van der Waals surface area (Å²) in [6.45, 7) is 6.52. The lowest BCUT2D eigenvalue weighted by molar-refractivity contribution is -0.119. The van der Waals surface area contributed by atoms with Crippen molar-refractivity contribution in [2.45, 2.75) is 27.3 Å². The quantitative estimate of drug-likeness (QED) is 0.716. The van der Waals surface area contributed by atoms with Crippen LogP contribution in [-0.4, -0.2) is 32.2 Å². The summed E-state index contributed by atoms with van der Waals surface area (Å²) < 4.78 is 14.7. The molecule has 0 spiro atoms. The summed E-state index contributed by atoms with van der Waals surface area (Å²) in [5.74, 6) is 0.0739. The molecule has 0 N–H and O–H groups in total. The molecule has 0 aliphatic rings. The van der Waals surface area contributed by atoms with Crippen molar-refractivity contribution in [1.29, 1.82) is 0 Å². The van der Waals surface area contributed by atoms with Crippen molar-refractivity contribution in [2.75, 3.05) is 11.4 Å². The number of halogens is 1. The van der Waals surface area contributed by atoms with Gasteiger partial charge in [0.2, 0.25) is 5.91 Å². The van der Waals surface area contributed by atoms with Crippen molar-refractivity contribution in [3.8, 4) is 0 Å². The molecule has 0 saturated carbocycles. The maximum atomic E-state index is 13.1. The minimum Gasteiger partial charge on any atom is -0.295 e. The number of amides is 1. The van der Waals surface area contributed by atoms with Gasteiger partial charge in [0.25, 0.3) is 0 Å².